The summed E-state index contributed by atoms with van der Waals surface area (Å²) in [7, 11) is 0. The number of thiophene rings is 2. The van der Waals surface area contributed by atoms with E-state index in [1.165, 1.54) is 22.7 Å². The summed E-state index contributed by atoms with van der Waals surface area (Å²) in [6.45, 7) is 0. The second kappa shape index (κ2) is 4.75. The summed E-state index contributed by atoms with van der Waals surface area (Å²) in [5.74, 6) is -1.24. The Morgan fingerprint density at radius 1 is 1.12 bits per heavy atom. The van der Waals surface area contributed by atoms with Crippen molar-refractivity contribution >= 4 is 28.6 Å². The maximum Gasteiger partial charge on any atom is 0.346 e. The lowest BCUT2D eigenvalue weighted by molar-refractivity contribution is -0.154. The number of hydrogen-bond acceptors (Lipinski definition) is 4. The van der Waals surface area contributed by atoms with Gasteiger partial charge < -0.3 is 15.7 Å². The van der Waals surface area contributed by atoms with Crippen molar-refractivity contribution in [1.82, 2.24) is 0 Å². The van der Waals surface area contributed by atoms with Gasteiger partial charge in [0.1, 0.15) is 0 Å². The fraction of sp³-hybridized carbons (Fsp3) is 0.100. The maximum absolute atomic E-state index is 11.2. The number of aliphatic carboxylic acids is 1. The Labute approximate surface area is 99.7 Å². The van der Waals surface area contributed by atoms with E-state index >= 15 is 0 Å². The van der Waals surface area contributed by atoms with E-state index in [-0.39, 0.29) is 5.48 Å². The summed E-state index contributed by atoms with van der Waals surface area (Å²) in [5.41, 5.74) is -1.90. The van der Waals surface area contributed by atoms with Gasteiger partial charge in [0.05, 0.1) is 9.75 Å². The van der Waals surface area contributed by atoms with Crippen molar-refractivity contribution < 1.29 is 20.5 Å². The van der Waals surface area contributed by atoms with Gasteiger partial charge in [0.15, 0.2) is 0 Å². The largest absolute Gasteiger partial charge is 0.479 e. The minimum absolute atomic E-state index is 0. The molecule has 86 valence electrons. The summed E-state index contributed by atoms with van der Waals surface area (Å²) in [4.78, 5) is 12.0. The first kappa shape index (κ1) is 12.9. The van der Waals surface area contributed by atoms with Gasteiger partial charge in [-0.05, 0) is 22.9 Å². The monoisotopic (exact) mass is 258 g/mol. The second-order valence-electron chi connectivity index (χ2n) is 2.97. The Kier molecular flexibility index (Phi) is 3.82. The highest BCUT2D eigenvalue weighted by atomic mass is 32.1. The number of hydrogen-bond donors (Lipinski definition) is 2. The first-order valence-electron chi connectivity index (χ1n) is 4.19. The molecule has 0 aromatic carbocycles. The van der Waals surface area contributed by atoms with Crippen LogP contribution in [0.25, 0.3) is 0 Å². The molecule has 0 saturated carbocycles. The quantitative estimate of drug-likeness (QED) is 0.869. The van der Waals surface area contributed by atoms with Crippen molar-refractivity contribution in [3.05, 3.63) is 44.8 Å². The summed E-state index contributed by atoms with van der Waals surface area (Å²) in [6.07, 6.45) is 0. The van der Waals surface area contributed by atoms with Crippen LogP contribution >= 0.6 is 22.7 Å². The van der Waals surface area contributed by atoms with E-state index in [9.17, 15) is 9.90 Å². The van der Waals surface area contributed by atoms with Crippen molar-refractivity contribution in [2.75, 3.05) is 0 Å². The zero-order chi connectivity index (χ0) is 10.9. The van der Waals surface area contributed by atoms with Gasteiger partial charge in [-0.25, -0.2) is 4.79 Å². The highest BCUT2D eigenvalue weighted by Crippen LogP contribution is 2.35. The molecule has 0 radical (unpaired) electrons. The van der Waals surface area contributed by atoms with Crippen LogP contribution in [0.15, 0.2) is 35.0 Å². The highest BCUT2D eigenvalue weighted by Gasteiger charge is 2.42. The van der Waals surface area contributed by atoms with E-state index in [0.29, 0.717) is 9.75 Å². The van der Waals surface area contributed by atoms with E-state index in [2.05, 4.69) is 0 Å². The van der Waals surface area contributed by atoms with Crippen LogP contribution in [0.4, 0.5) is 0 Å². The molecule has 0 fully saturated rings. The van der Waals surface area contributed by atoms with Gasteiger partial charge >= 0.3 is 5.97 Å². The van der Waals surface area contributed by atoms with Gasteiger partial charge in [-0.3, -0.25) is 0 Å². The molecule has 2 aromatic heterocycles. The van der Waals surface area contributed by atoms with Crippen molar-refractivity contribution in [2.24, 2.45) is 0 Å². The predicted molar refractivity (Wildman–Crippen MR) is 62.9 cm³/mol. The number of aliphatic hydroxyl groups is 1. The lowest BCUT2D eigenvalue weighted by Crippen LogP contribution is -2.34. The Morgan fingerprint density at radius 3 is 1.81 bits per heavy atom. The zero-order valence-corrected chi connectivity index (χ0v) is 9.72. The lowest BCUT2D eigenvalue weighted by Gasteiger charge is -2.20. The molecule has 0 saturated heterocycles. The van der Waals surface area contributed by atoms with Crippen LogP contribution in [0, 0.1) is 0 Å². The van der Waals surface area contributed by atoms with Crippen LogP contribution in [0.5, 0.6) is 0 Å². The van der Waals surface area contributed by atoms with Gasteiger partial charge in [0.25, 0.3) is 0 Å². The molecule has 4 nitrogen and oxygen atoms in total. The molecule has 0 atom stereocenters. The third kappa shape index (κ3) is 1.88. The predicted octanol–water partition coefficient (Wildman–Crippen LogP) is 1.31. The Balaban J connectivity index is 0.00000128. The molecule has 0 aliphatic rings. The SMILES string of the molecule is O.O=C(O)C(O)(c1cccs1)c1cccs1. The Bertz CT molecular complexity index is 413. The van der Waals surface area contributed by atoms with E-state index in [1.54, 1.807) is 35.0 Å². The normalized spacial score (nSPS) is 10.8. The fourth-order valence-electron chi connectivity index (χ4n) is 1.30. The lowest BCUT2D eigenvalue weighted by atomic mass is 10.0. The van der Waals surface area contributed by atoms with Gasteiger partial charge in [0.2, 0.25) is 5.60 Å². The van der Waals surface area contributed by atoms with E-state index in [4.69, 9.17) is 5.11 Å². The standard InChI is InChI=1S/C10H8O3S2.H2O/c11-9(12)10(13,7-3-1-5-14-7)8-4-2-6-15-8;/h1-6,13H,(H,11,12);1H2. The van der Waals surface area contributed by atoms with Crippen LogP contribution in [-0.2, 0) is 10.4 Å². The van der Waals surface area contributed by atoms with Crippen molar-refractivity contribution in [1.29, 1.82) is 0 Å². The van der Waals surface area contributed by atoms with Crippen LogP contribution in [0.1, 0.15) is 9.75 Å². The minimum Gasteiger partial charge on any atom is -0.479 e. The summed E-state index contributed by atoms with van der Waals surface area (Å²) in [5, 5.41) is 22.9. The van der Waals surface area contributed by atoms with Gasteiger partial charge in [-0.2, -0.15) is 0 Å². The third-order valence-electron chi connectivity index (χ3n) is 2.07. The first-order valence-corrected chi connectivity index (χ1v) is 5.95. The van der Waals surface area contributed by atoms with Crippen molar-refractivity contribution in [2.45, 2.75) is 5.60 Å². The molecule has 4 N–H and O–H groups in total. The topological polar surface area (TPSA) is 89.0 Å². The minimum atomic E-state index is -1.90. The summed E-state index contributed by atoms with van der Waals surface area (Å²) >= 11 is 2.46. The van der Waals surface area contributed by atoms with Crippen LogP contribution in [0.2, 0.25) is 0 Å². The molecule has 0 amide bonds. The average Bonchev–Trinajstić information content (AvgIpc) is 2.89. The van der Waals surface area contributed by atoms with Gasteiger partial charge in [-0.15, -0.1) is 22.7 Å². The number of rotatable bonds is 3. The van der Waals surface area contributed by atoms with Crippen LogP contribution in [-0.4, -0.2) is 21.7 Å². The summed E-state index contributed by atoms with van der Waals surface area (Å²) < 4.78 is 0. The number of carboxylic acid groups (broad SMARTS) is 1. The molecule has 16 heavy (non-hydrogen) atoms. The van der Waals surface area contributed by atoms with Gasteiger partial charge in [0, 0.05) is 0 Å². The second-order valence-corrected chi connectivity index (χ2v) is 4.87. The fourth-order valence-corrected chi connectivity index (χ4v) is 3.02. The van der Waals surface area contributed by atoms with E-state index in [1.807, 2.05) is 0 Å². The highest BCUT2D eigenvalue weighted by molar-refractivity contribution is 7.12. The molecular weight excluding hydrogens is 248 g/mol. The molecule has 0 aliphatic heterocycles. The van der Waals surface area contributed by atoms with Crippen molar-refractivity contribution in [3.63, 3.8) is 0 Å². The molecule has 0 aliphatic carbocycles. The molecule has 6 heteroatoms. The van der Waals surface area contributed by atoms with Crippen LogP contribution < -0.4 is 0 Å². The zero-order valence-electron chi connectivity index (χ0n) is 8.08. The molecule has 2 rings (SSSR count). The molecule has 2 heterocycles. The maximum atomic E-state index is 11.2. The summed E-state index contributed by atoms with van der Waals surface area (Å²) in [6, 6.07) is 6.69. The molecule has 0 bridgehead atoms. The van der Waals surface area contributed by atoms with Crippen molar-refractivity contribution in [3.8, 4) is 0 Å². The van der Waals surface area contributed by atoms with Crippen LogP contribution in [0.3, 0.4) is 0 Å². The number of carboxylic acids is 1. The van der Waals surface area contributed by atoms with E-state index in [0.717, 1.165) is 0 Å². The average molecular weight is 258 g/mol. The molecule has 0 spiro atoms. The Morgan fingerprint density at radius 2 is 1.56 bits per heavy atom. The Hall–Kier alpha value is -1.21. The van der Waals surface area contributed by atoms with E-state index < -0.39 is 11.6 Å². The first-order chi connectivity index (χ1) is 7.15. The molecule has 0 unspecified atom stereocenters. The molecular formula is C10H10O4S2. The number of carbonyl (C=O) groups is 1. The molecule has 2 aromatic rings. The van der Waals surface area contributed by atoms with Gasteiger partial charge in [-0.1, -0.05) is 12.1 Å². The smallest absolute Gasteiger partial charge is 0.346 e. The third-order valence-corrected chi connectivity index (χ3v) is 4.02.